The zero-order valence-corrected chi connectivity index (χ0v) is 16.9. The third-order valence-electron chi connectivity index (χ3n) is 5.87. The summed E-state index contributed by atoms with van der Waals surface area (Å²) in [6, 6.07) is 14.5. The standard InChI is InChI=1S/C24H19N3O5/c28-18-5-3-13-9-15(2-1-14(13)11-18)22(30)25-17-4-6-19-16(10-17)12-27(24(19)32)20-7-8-21(29)26-23(20)31/h1-6,9-11,20,28H,7-8,12H2,(H,25,30)(H,26,29,31). The summed E-state index contributed by atoms with van der Waals surface area (Å²) >= 11 is 0. The van der Waals surface area contributed by atoms with Crippen LogP contribution < -0.4 is 10.6 Å². The van der Waals surface area contributed by atoms with Crippen LogP contribution in [0, 0.1) is 0 Å². The molecular formula is C24H19N3O5. The van der Waals surface area contributed by atoms with E-state index < -0.39 is 11.9 Å². The van der Waals surface area contributed by atoms with Crippen LogP contribution in [-0.4, -0.2) is 39.7 Å². The van der Waals surface area contributed by atoms with Crippen LogP contribution in [0.25, 0.3) is 10.8 Å². The molecule has 0 radical (unpaired) electrons. The van der Waals surface area contributed by atoms with Crippen LogP contribution in [0.15, 0.2) is 54.6 Å². The van der Waals surface area contributed by atoms with Crippen LogP contribution in [0.2, 0.25) is 0 Å². The minimum absolute atomic E-state index is 0.161. The topological polar surface area (TPSA) is 116 Å². The van der Waals surface area contributed by atoms with E-state index in [0.29, 0.717) is 28.8 Å². The number of rotatable bonds is 3. The molecule has 2 aliphatic heterocycles. The molecular weight excluding hydrogens is 410 g/mol. The molecule has 32 heavy (non-hydrogen) atoms. The number of nitrogens with one attached hydrogen (secondary N) is 2. The summed E-state index contributed by atoms with van der Waals surface area (Å²) in [7, 11) is 0. The van der Waals surface area contributed by atoms with Crippen LogP contribution in [0.4, 0.5) is 5.69 Å². The second-order valence-electron chi connectivity index (χ2n) is 7.97. The molecule has 5 rings (SSSR count). The second-order valence-corrected chi connectivity index (χ2v) is 7.97. The minimum atomic E-state index is -0.678. The number of aromatic hydroxyl groups is 1. The van der Waals surface area contributed by atoms with E-state index in [2.05, 4.69) is 10.6 Å². The van der Waals surface area contributed by atoms with Crippen LogP contribution in [0.1, 0.15) is 39.1 Å². The molecule has 8 nitrogen and oxygen atoms in total. The lowest BCUT2D eigenvalue weighted by molar-refractivity contribution is -0.136. The molecule has 3 aromatic rings. The normalized spacial score (nSPS) is 17.9. The number of carbonyl (C=O) groups excluding carboxylic acids is 4. The molecule has 160 valence electrons. The second kappa shape index (κ2) is 7.49. The van der Waals surface area contributed by atoms with Gasteiger partial charge < -0.3 is 15.3 Å². The van der Waals surface area contributed by atoms with Gasteiger partial charge in [0, 0.05) is 29.8 Å². The van der Waals surface area contributed by atoms with E-state index in [1.54, 1.807) is 54.6 Å². The minimum Gasteiger partial charge on any atom is -0.508 e. The fourth-order valence-electron chi connectivity index (χ4n) is 4.23. The fraction of sp³-hybridized carbons (Fsp3) is 0.167. The zero-order valence-electron chi connectivity index (χ0n) is 16.9. The lowest BCUT2D eigenvalue weighted by Crippen LogP contribution is -2.52. The van der Waals surface area contributed by atoms with Gasteiger partial charge in [-0.2, -0.15) is 0 Å². The Kier molecular flexibility index (Phi) is 4.62. The van der Waals surface area contributed by atoms with Gasteiger partial charge in [0.1, 0.15) is 11.8 Å². The molecule has 3 N–H and O–H groups in total. The van der Waals surface area contributed by atoms with Crippen molar-refractivity contribution in [2.75, 3.05) is 5.32 Å². The van der Waals surface area contributed by atoms with Gasteiger partial charge in [-0.3, -0.25) is 24.5 Å². The van der Waals surface area contributed by atoms with E-state index in [0.717, 1.165) is 10.8 Å². The number of benzene rings is 3. The van der Waals surface area contributed by atoms with Gasteiger partial charge in [0.15, 0.2) is 0 Å². The van der Waals surface area contributed by atoms with Crippen molar-refractivity contribution in [3.63, 3.8) is 0 Å². The lowest BCUT2D eigenvalue weighted by atomic mass is 10.0. The molecule has 1 unspecified atom stereocenters. The molecule has 0 aromatic heterocycles. The van der Waals surface area contributed by atoms with E-state index >= 15 is 0 Å². The molecule has 1 saturated heterocycles. The van der Waals surface area contributed by atoms with Crippen LogP contribution in [0.3, 0.4) is 0 Å². The Balaban J connectivity index is 1.34. The summed E-state index contributed by atoms with van der Waals surface area (Å²) < 4.78 is 0. The number of imide groups is 1. The Bertz CT molecular complexity index is 1320. The maximum Gasteiger partial charge on any atom is 0.255 e. The van der Waals surface area contributed by atoms with Crippen molar-refractivity contribution in [3.8, 4) is 5.75 Å². The molecule has 0 saturated carbocycles. The van der Waals surface area contributed by atoms with Gasteiger partial charge >= 0.3 is 0 Å². The summed E-state index contributed by atoms with van der Waals surface area (Å²) in [6.07, 6.45) is 0.497. The third-order valence-corrected chi connectivity index (χ3v) is 5.87. The first-order chi connectivity index (χ1) is 15.4. The van der Waals surface area contributed by atoms with Crippen molar-refractivity contribution in [1.29, 1.82) is 0 Å². The predicted molar refractivity (Wildman–Crippen MR) is 116 cm³/mol. The number of anilines is 1. The molecule has 1 atom stereocenters. The number of phenols is 1. The van der Waals surface area contributed by atoms with Crippen molar-refractivity contribution in [3.05, 3.63) is 71.3 Å². The highest BCUT2D eigenvalue weighted by Gasteiger charge is 2.39. The van der Waals surface area contributed by atoms with Crippen molar-refractivity contribution in [1.82, 2.24) is 10.2 Å². The van der Waals surface area contributed by atoms with Gasteiger partial charge in [0.2, 0.25) is 11.8 Å². The first-order valence-corrected chi connectivity index (χ1v) is 10.2. The van der Waals surface area contributed by atoms with Crippen molar-refractivity contribution >= 4 is 40.1 Å². The molecule has 0 aliphatic carbocycles. The number of hydrogen-bond donors (Lipinski definition) is 3. The third kappa shape index (κ3) is 3.45. The largest absolute Gasteiger partial charge is 0.508 e. The average Bonchev–Trinajstić information content (AvgIpc) is 3.09. The van der Waals surface area contributed by atoms with Crippen LogP contribution >= 0.6 is 0 Å². The molecule has 3 aromatic carbocycles. The average molecular weight is 429 g/mol. The van der Waals surface area contributed by atoms with Crippen molar-refractivity contribution < 1.29 is 24.3 Å². The SMILES string of the molecule is O=C1CCC(N2Cc3cc(NC(=O)c4ccc5cc(O)ccc5c4)ccc3C2=O)C(=O)N1. The summed E-state index contributed by atoms with van der Waals surface area (Å²) in [5, 5.41) is 16.4. The summed E-state index contributed by atoms with van der Waals surface area (Å²) in [5.41, 5.74) is 2.20. The Hall–Kier alpha value is -4.20. The van der Waals surface area contributed by atoms with Gasteiger partial charge in [0.25, 0.3) is 11.8 Å². The van der Waals surface area contributed by atoms with E-state index in [1.807, 2.05) is 0 Å². The van der Waals surface area contributed by atoms with E-state index in [4.69, 9.17) is 0 Å². The highest BCUT2D eigenvalue weighted by molar-refractivity contribution is 6.08. The predicted octanol–water partition coefficient (Wildman–Crippen LogP) is 2.56. The van der Waals surface area contributed by atoms with E-state index in [-0.39, 0.29) is 36.4 Å². The van der Waals surface area contributed by atoms with Crippen LogP contribution in [-0.2, 0) is 16.1 Å². The summed E-state index contributed by atoms with van der Waals surface area (Å²) in [6.45, 7) is 0.240. The van der Waals surface area contributed by atoms with E-state index in [9.17, 15) is 24.3 Å². The van der Waals surface area contributed by atoms with Gasteiger partial charge in [-0.1, -0.05) is 12.1 Å². The molecule has 4 amide bonds. The molecule has 0 spiro atoms. The molecule has 8 heteroatoms. The Morgan fingerprint density at radius 1 is 1.00 bits per heavy atom. The zero-order chi connectivity index (χ0) is 22.4. The monoisotopic (exact) mass is 429 g/mol. The van der Waals surface area contributed by atoms with Gasteiger partial charge in [-0.15, -0.1) is 0 Å². The Morgan fingerprint density at radius 3 is 2.59 bits per heavy atom. The molecule has 2 heterocycles. The molecule has 2 aliphatic rings. The van der Waals surface area contributed by atoms with Crippen molar-refractivity contribution in [2.24, 2.45) is 0 Å². The summed E-state index contributed by atoms with van der Waals surface area (Å²) in [4.78, 5) is 50.6. The molecule has 0 bridgehead atoms. The summed E-state index contributed by atoms with van der Waals surface area (Å²) in [5.74, 6) is -1.18. The Morgan fingerprint density at radius 2 is 1.78 bits per heavy atom. The molecule has 1 fully saturated rings. The van der Waals surface area contributed by atoms with Gasteiger partial charge in [-0.05, 0) is 65.2 Å². The number of phenolic OH excluding ortho intramolecular Hbond substituents is 1. The van der Waals surface area contributed by atoms with Crippen molar-refractivity contribution in [2.45, 2.75) is 25.4 Å². The number of hydrogen-bond acceptors (Lipinski definition) is 5. The maximum atomic E-state index is 12.8. The number of amides is 4. The highest BCUT2D eigenvalue weighted by Crippen LogP contribution is 2.30. The smallest absolute Gasteiger partial charge is 0.255 e. The quantitative estimate of drug-likeness (QED) is 0.554. The first kappa shape index (κ1) is 19.7. The van der Waals surface area contributed by atoms with Gasteiger partial charge in [0.05, 0.1) is 0 Å². The van der Waals surface area contributed by atoms with Gasteiger partial charge in [-0.25, -0.2) is 0 Å². The fourth-order valence-corrected chi connectivity index (χ4v) is 4.23. The number of nitrogens with zero attached hydrogens (tertiary/aromatic N) is 1. The van der Waals surface area contributed by atoms with Crippen LogP contribution in [0.5, 0.6) is 5.75 Å². The number of piperidine rings is 1. The lowest BCUT2D eigenvalue weighted by Gasteiger charge is -2.29. The maximum absolute atomic E-state index is 12.8. The number of carbonyl (C=O) groups is 4. The highest BCUT2D eigenvalue weighted by atomic mass is 16.3. The van der Waals surface area contributed by atoms with E-state index in [1.165, 1.54) is 4.90 Å². The first-order valence-electron chi connectivity index (χ1n) is 10.2. The number of fused-ring (bicyclic) bond motifs is 2. The Labute approximate surface area is 182 Å².